The molecule has 0 aromatic carbocycles. The van der Waals surface area contributed by atoms with E-state index in [-0.39, 0.29) is 0 Å². The lowest BCUT2D eigenvalue weighted by Crippen LogP contribution is -1.94. The summed E-state index contributed by atoms with van der Waals surface area (Å²) in [6.45, 7) is 2.33. The van der Waals surface area contributed by atoms with Crippen LogP contribution in [0.2, 0.25) is 0 Å². The molecule has 0 radical (unpaired) electrons. The van der Waals surface area contributed by atoms with Crippen molar-refractivity contribution in [2.24, 2.45) is 5.92 Å². The van der Waals surface area contributed by atoms with Crippen molar-refractivity contribution >= 4 is 0 Å². The standard InChI is InChI=1S/C14H22/c1-4-6-8-10-12-14(3)13-11-9-7-5-2/h1-2,14H,6-13H2,3H3. The van der Waals surface area contributed by atoms with Gasteiger partial charge >= 0.3 is 0 Å². The van der Waals surface area contributed by atoms with Crippen molar-refractivity contribution in [3.8, 4) is 24.7 Å². The van der Waals surface area contributed by atoms with E-state index < -0.39 is 0 Å². The van der Waals surface area contributed by atoms with E-state index in [1.807, 2.05) is 0 Å². The second-order valence-corrected chi connectivity index (χ2v) is 4.00. The zero-order valence-electron chi connectivity index (χ0n) is 9.39. The lowest BCUT2D eigenvalue weighted by atomic mass is 9.97. The van der Waals surface area contributed by atoms with Crippen LogP contribution in [0, 0.1) is 30.6 Å². The Bertz CT molecular complexity index is 167. The van der Waals surface area contributed by atoms with Crippen LogP contribution < -0.4 is 0 Å². The molecule has 0 heterocycles. The van der Waals surface area contributed by atoms with Crippen LogP contribution >= 0.6 is 0 Å². The number of terminal acetylenes is 2. The average molecular weight is 190 g/mol. The maximum absolute atomic E-state index is 5.19. The lowest BCUT2D eigenvalue weighted by Gasteiger charge is -2.09. The molecular weight excluding hydrogens is 168 g/mol. The van der Waals surface area contributed by atoms with Crippen LogP contribution in [-0.2, 0) is 0 Å². The van der Waals surface area contributed by atoms with Crippen LogP contribution in [0.3, 0.4) is 0 Å². The Morgan fingerprint density at radius 3 is 1.64 bits per heavy atom. The SMILES string of the molecule is C#CCCCCC(C)CCCCC#C. The van der Waals surface area contributed by atoms with Crippen LogP contribution in [0.4, 0.5) is 0 Å². The highest BCUT2D eigenvalue weighted by Gasteiger charge is 2.00. The third-order valence-electron chi connectivity index (χ3n) is 2.54. The summed E-state index contributed by atoms with van der Waals surface area (Å²) in [5.74, 6) is 6.20. The van der Waals surface area contributed by atoms with Crippen molar-refractivity contribution in [1.82, 2.24) is 0 Å². The third kappa shape index (κ3) is 9.21. The summed E-state index contributed by atoms with van der Waals surface area (Å²) in [6.07, 6.45) is 19.8. The molecule has 0 aliphatic carbocycles. The molecule has 0 heteroatoms. The van der Waals surface area contributed by atoms with Gasteiger partial charge in [0.15, 0.2) is 0 Å². The lowest BCUT2D eigenvalue weighted by molar-refractivity contribution is 0.448. The minimum Gasteiger partial charge on any atom is -0.120 e. The molecule has 0 aromatic rings. The number of hydrogen-bond donors (Lipinski definition) is 0. The van der Waals surface area contributed by atoms with E-state index in [0.717, 1.165) is 18.8 Å². The molecule has 0 nitrogen and oxygen atoms in total. The number of unbranched alkanes of at least 4 members (excludes halogenated alkanes) is 4. The van der Waals surface area contributed by atoms with Crippen molar-refractivity contribution < 1.29 is 0 Å². The molecule has 0 saturated heterocycles. The van der Waals surface area contributed by atoms with Crippen molar-refractivity contribution in [3.05, 3.63) is 0 Å². The molecule has 0 aliphatic rings. The van der Waals surface area contributed by atoms with Crippen LogP contribution in [0.15, 0.2) is 0 Å². The number of rotatable bonds is 8. The summed E-state index contributed by atoms with van der Waals surface area (Å²) in [7, 11) is 0. The Balaban J connectivity index is 3.16. The summed E-state index contributed by atoms with van der Waals surface area (Å²) in [5.41, 5.74) is 0. The fourth-order valence-electron chi connectivity index (χ4n) is 1.58. The van der Waals surface area contributed by atoms with Crippen molar-refractivity contribution in [1.29, 1.82) is 0 Å². The highest BCUT2D eigenvalue weighted by molar-refractivity contribution is 4.83. The third-order valence-corrected chi connectivity index (χ3v) is 2.54. The molecule has 0 N–H and O–H groups in total. The number of hydrogen-bond acceptors (Lipinski definition) is 0. The zero-order chi connectivity index (χ0) is 10.6. The van der Waals surface area contributed by atoms with Crippen LogP contribution in [-0.4, -0.2) is 0 Å². The molecule has 0 spiro atoms. The maximum Gasteiger partial charge on any atom is 0.00860 e. The Morgan fingerprint density at radius 1 is 0.857 bits per heavy atom. The minimum absolute atomic E-state index is 0.838. The topological polar surface area (TPSA) is 0 Å². The van der Waals surface area contributed by atoms with Gasteiger partial charge in [-0.1, -0.05) is 32.6 Å². The van der Waals surface area contributed by atoms with Crippen molar-refractivity contribution in [2.75, 3.05) is 0 Å². The first kappa shape index (κ1) is 13.1. The Morgan fingerprint density at radius 2 is 1.29 bits per heavy atom. The van der Waals surface area contributed by atoms with E-state index in [1.165, 1.54) is 38.5 Å². The van der Waals surface area contributed by atoms with Crippen LogP contribution in [0.25, 0.3) is 0 Å². The fourth-order valence-corrected chi connectivity index (χ4v) is 1.58. The quantitative estimate of drug-likeness (QED) is 0.401. The molecule has 0 saturated carbocycles. The predicted molar refractivity (Wildman–Crippen MR) is 63.8 cm³/mol. The van der Waals surface area contributed by atoms with Gasteiger partial charge in [0, 0.05) is 12.8 Å². The average Bonchev–Trinajstić information content (AvgIpc) is 2.19. The molecule has 0 amide bonds. The maximum atomic E-state index is 5.19. The Hall–Kier alpha value is -0.880. The minimum atomic E-state index is 0.838. The van der Waals surface area contributed by atoms with Gasteiger partial charge in [-0.25, -0.2) is 0 Å². The summed E-state index contributed by atoms with van der Waals surface area (Å²) in [5, 5.41) is 0. The van der Waals surface area contributed by atoms with Crippen molar-refractivity contribution in [2.45, 2.75) is 58.3 Å². The molecular formula is C14H22. The fraction of sp³-hybridized carbons (Fsp3) is 0.714. The van der Waals surface area contributed by atoms with Gasteiger partial charge in [-0.2, -0.15) is 0 Å². The van der Waals surface area contributed by atoms with Gasteiger partial charge in [0.05, 0.1) is 0 Å². The molecule has 0 aromatic heterocycles. The first-order valence-corrected chi connectivity index (χ1v) is 5.68. The molecule has 14 heavy (non-hydrogen) atoms. The molecule has 78 valence electrons. The normalized spacial score (nSPS) is 9.71. The van der Waals surface area contributed by atoms with Gasteiger partial charge in [-0.3, -0.25) is 0 Å². The summed E-state index contributed by atoms with van der Waals surface area (Å²) in [6, 6.07) is 0. The van der Waals surface area contributed by atoms with E-state index in [9.17, 15) is 0 Å². The van der Waals surface area contributed by atoms with Gasteiger partial charge in [0.1, 0.15) is 0 Å². The second-order valence-electron chi connectivity index (χ2n) is 4.00. The summed E-state index contributed by atoms with van der Waals surface area (Å²) < 4.78 is 0. The molecule has 0 rings (SSSR count). The van der Waals surface area contributed by atoms with E-state index >= 15 is 0 Å². The van der Waals surface area contributed by atoms with E-state index in [1.54, 1.807) is 0 Å². The largest absolute Gasteiger partial charge is 0.120 e. The van der Waals surface area contributed by atoms with Crippen molar-refractivity contribution in [3.63, 3.8) is 0 Å². The molecule has 0 unspecified atom stereocenters. The highest BCUT2D eigenvalue weighted by atomic mass is 14.1. The summed E-state index contributed by atoms with van der Waals surface area (Å²) >= 11 is 0. The monoisotopic (exact) mass is 190 g/mol. The van der Waals surface area contributed by atoms with Crippen LogP contribution in [0.5, 0.6) is 0 Å². The summed E-state index contributed by atoms with van der Waals surface area (Å²) in [4.78, 5) is 0. The van der Waals surface area contributed by atoms with E-state index in [4.69, 9.17) is 12.8 Å². The van der Waals surface area contributed by atoms with Gasteiger partial charge in [-0.05, 0) is 18.8 Å². The first-order chi connectivity index (χ1) is 6.81. The smallest absolute Gasteiger partial charge is 0.00860 e. The Kier molecular flexibility index (Phi) is 9.56. The second kappa shape index (κ2) is 10.2. The molecule has 0 atom stereocenters. The molecule has 0 aliphatic heterocycles. The van der Waals surface area contributed by atoms with Crippen LogP contribution in [0.1, 0.15) is 58.3 Å². The predicted octanol–water partition coefficient (Wildman–Crippen LogP) is 4.01. The van der Waals surface area contributed by atoms with Gasteiger partial charge in [0.25, 0.3) is 0 Å². The highest BCUT2D eigenvalue weighted by Crippen LogP contribution is 2.16. The van der Waals surface area contributed by atoms with E-state index in [0.29, 0.717) is 0 Å². The first-order valence-electron chi connectivity index (χ1n) is 5.68. The van der Waals surface area contributed by atoms with Gasteiger partial charge in [0.2, 0.25) is 0 Å². The zero-order valence-corrected chi connectivity index (χ0v) is 9.39. The molecule has 0 bridgehead atoms. The Labute approximate surface area is 89.5 Å². The molecule has 0 fully saturated rings. The van der Waals surface area contributed by atoms with Gasteiger partial charge in [-0.15, -0.1) is 24.7 Å². The van der Waals surface area contributed by atoms with E-state index in [2.05, 4.69) is 18.8 Å². The van der Waals surface area contributed by atoms with Gasteiger partial charge < -0.3 is 0 Å².